The van der Waals surface area contributed by atoms with Crippen molar-refractivity contribution in [2.45, 2.75) is 151 Å². The summed E-state index contributed by atoms with van der Waals surface area (Å²) in [5, 5.41) is 14.5. The van der Waals surface area contributed by atoms with E-state index in [0.717, 1.165) is 14.7 Å². The van der Waals surface area contributed by atoms with Crippen LogP contribution in [0.2, 0.25) is 0 Å². The number of hydrogen-bond acceptors (Lipinski definition) is 8. The zero-order valence-electron chi connectivity index (χ0n) is 39.1. The SMILES string of the molecule is C=C(C(=O)N(C)[C@@H](CC(C)C)C(N)=O)N(C)C(=O)[C@H](CC)NC(=O)[C@H]([C@H](O)[C@H](C)C/C=C/C)N(C)C(=O)[C@H](C(C)C)N(C)C(=O)[C@H](CC(C)C)N(C)C(=O)CCC(C)C. The van der Waals surface area contributed by atoms with Crippen molar-refractivity contribution >= 4 is 41.4 Å². The summed E-state index contributed by atoms with van der Waals surface area (Å²) in [7, 11) is 7.24. The molecule has 0 saturated carbocycles. The van der Waals surface area contributed by atoms with Crippen molar-refractivity contribution in [2.24, 2.45) is 35.3 Å². The first-order chi connectivity index (χ1) is 27.2. The lowest BCUT2D eigenvalue weighted by Gasteiger charge is -2.41. The fraction of sp³-hybridized carbons (Fsp3) is 0.750. The largest absolute Gasteiger partial charge is 0.390 e. The standard InChI is InChI=1S/C44H79N7O8/c1-18-20-21-30(11)38(53)37(40(55)46-32(19-2)42(57)47(13)31(12)41(56)49(15)33(39(45)54)24-27(5)6)51(17)44(59)36(29(9)10)50(16)43(58)34(25-28(7)8)48(14)35(52)23-22-26(3)4/h18,20,26-30,32-34,36-38,53H,12,19,21-25H2,1-11,13-17H3,(H2,45,54)(H,46,55)/b20-18+/t30-,32+,33+,34+,36+,37+,38-/m1/s1. The highest BCUT2D eigenvalue weighted by Crippen LogP contribution is 2.24. The topological polar surface area (TPSA) is 194 Å². The van der Waals surface area contributed by atoms with Crippen LogP contribution in [-0.4, -0.2) is 143 Å². The third kappa shape index (κ3) is 16.0. The summed E-state index contributed by atoms with van der Waals surface area (Å²) < 4.78 is 0. The van der Waals surface area contributed by atoms with Gasteiger partial charge in [0.2, 0.25) is 35.4 Å². The normalized spacial score (nSPS) is 15.3. The van der Waals surface area contributed by atoms with E-state index < -0.39 is 83.6 Å². The number of hydrogen-bond donors (Lipinski definition) is 3. The van der Waals surface area contributed by atoms with E-state index in [2.05, 4.69) is 11.9 Å². The second-order valence-electron chi connectivity index (χ2n) is 17.7. The first-order valence-corrected chi connectivity index (χ1v) is 21.1. The van der Waals surface area contributed by atoms with Gasteiger partial charge in [-0.05, 0) is 68.6 Å². The number of carbonyl (C=O) groups is 7. The third-order valence-electron chi connectivity index (χ3n) is 10.9. The van der Waals surface area contributed by atoms with Gasteiger partial charge in [0.1, 0.15) is 35.9 Å². The zero-order valence-corrected chi connectivity index (χ0v) is 39.1. The zero-order chi connectivity index (χ0) is 46.2. The van der Waals surface area contributed by atoms with Gasteiger partial charge in [0.25, 0.3) is 5.91 Å². The van der Waals surface area contributed by atoms with E-state index in [1.807, 2.05) is 60.6 Å². The van der Waals surface area contributed by atoms with Crippen LogP contribution in [0.3, 0.4) is 0 Å². The Kier molecular flexibility index (Phi) is 23.5. The number of nitrogens with one attached hydrogen (secondary N) is 1. The maximum Gasteiger partial charge on any atom is 0.270 e. The minimum atomic E-state index is -1.50. The summed E-state index contributed by atoms with van der Waals surface area (Å²) in [5.41, 5.74) is 5.34. The molecule has 0 aliphatic carbocycles. The minimum Gasteiger partial charge on any atom is -0.390 e. The summed E-state index contributed by atoms with van der Waals surface area (Å²) in [5.74, 6) is -4.70. The lowest BCUT2D eigenvalue weighted by molar-refractivity contribution is -0.156. The highest BCUT2D eigenvalue weighted by atomic mass is 16.3. The molecule has 4 N–H and O–H groups in total. The van der Waals surface area contributed by atoms with Crippen molar-refractivity contribution < 1.29 is 38.7 Å². The van der Waals surface area contributed by atoms with Crippen LogP contribution in [0, 0.1) is 29.6 Å². The molecule has 0 unspecified atom stereocenters. The predicted molar refractivity (Wildman–Crippen MR) is 232 cm³/mol. The van der Waals surface area contributed by atoms with Gasteiger partial charge in [-0.15, -0.1) is 0 Å². The number of nitrogens with zero attached hydrogens (tertiary/aromatic N) is 5. The van der Waals surface area contributed by atoms with Gasteiger partial charge in [-0.1, -0.05) is 88.0 Å². The summed E-state index contributed by atoms with van der Waals surface area (Å²) in [4.78, 5) is 102. The summed E-state index contributed by atoms with van der Waals surface area (Å²) in [6, 6.07) is -5.58. The fourth-order valence-corrected chi connectivity index (χ4v) is 6.97. The molecule has 0 rings (SSSR count). The van der Waals surface area contributed by atoms with Crippen LogP contribution in [0.5, 0.6) is 0 Å². The molecule has 338 valence electrons. The molecule has 15 heteroatoms. The molecule has 0 spiro atoms. The van der Waals surface area contributed by atoms with Gasteiger partial charge in [0.15, 0.2) is 0 Å². The fourth-order valence-electron chi connectivity index (χ4n) is 6.97. The van der Waals surface area contributed by atoms with Crippen LogP contribution < -0.4 is 11.1 Å². The number of carbonyl (C=O) groups excluding carboxylic acids is 7. The summed E-state index contributed by atoms with van der Waals surface area (Å²) in [6.45, 7) is 24.3. The number of nitrogens with two attached hydrogens (primary N) is 1. The average Bonchev–Trinajstić information content (AvgIpc) is 3.16. The van der Waals surface area contributed by atoms with E-state index in [0.29, 0.717) is 31.6 Å². The Hall–Kier alpha value is -4.27. The van der Waals surface area contributed by atoms with E-state index in [1.165, 1.54) is 38.0 Å². The Bertz CT molecular complexity index is 1480. The highest BCUT2D eigenvalue weighted by Gasteiger charge is 2.43. The van der Waals surface area contributed by atoms with E-state index in [1.54, 1.807) is 34.7 Å². The number of aliphatic hydroxyl groups excluding tert-OH is 1. The van der Waals surface area contributed by atoms with Crippen molar-refractivity contribution in [1.29, 1.82) is 0 Å². The second kappa shape index (κ2) is 25.4. The number of aliphatic hydroxyl groups is 1. The Morgan fingerprint density at radius 2 is 1.22 bits per heavy atom. The molecule has 15 nitrogen and oxygen atoms in total. The maximum absolute atomic E-state index is 14.6. The van der Waals surface area contributed by atoms with Crippen LogP contribution in [0.25, 0.3) is 0 Å². The van der Waals surface area contributed by atoms with Gasteiger partial charge >= 0.3 is 0 Å². The Morgan fingerprint density at radius 1 is 0.712 bits per heavy atom. The van der Waals surface area contributed by atoms with Gasteiger partial charge in [-0.2, -0.15) is 0 Å². The highest BCUT2D eigenvalue weighted by molar-refractivity contribution is 6.01. The molecule has 0 bridgehead atoms. The molecule has 0 aromatic heterocycles. The van der Waals surface area contributed by atoms with Crippen LogP contribution >= 0.6 is 0 Å². The van der Waals surface area contributed by atoms with Gasteiger partial charge in [0.05, 0.1) is 6.10 Å². The molecule has 0 aromatic carbocycles. The quantitative estimate of drug-likeness (QED) is 0.0914. The van der Waals surface area contributed by atoms with Crippen molar-refractivity contribution in [3.8, 4) is 0 Å². The van der Waals surface area contributed by atoms with Crippen LogP contribution in [0.15, 0.2) is 24.4 Å². The van der Waals surface area contributed by atoms with Crippen molar-refractivity contribution in [1.82, 2.24) is 29.8 Å². The number of allylic oxidation sites excluding steroid dienone is 2. The van der Waals surface area contributed by atoms with E-state index in [-0.39, 0.29) is 36.3 Å². The monoisotopic (exact) mass is 834 g/mol. The van der Waals surface area contributed by atoms with Crippen molar-refractivity contribution in [2.75, 3.05) is 35.2 Å². The molecular weight excluding hydrogens is 755 g/mol. The van der Waals surface area contributed by atoms with Crippen LogP contribution in [0.4, 0.5) is 0 Å². The van der Waals surface area contributed by atoms with Crippen LogP contribution in [0.1, 0.15) is 115 Å². The molecule has 0 heterocycles. The molecule has 7 amide bonds. The number of rotatable bonds is 25. The molecule has 0 radical (unpaired) electrons. The molecule has 0 saturated heterocycles. The second-order valence-corrected chi connectivity index (χ2v) is 17.7. The van der Waals surface area contributed by atoms with E-state index in [9.17, 15) is 38.7 Å². The average molecular weight is 834 g/mol. The maximum atomic E-state index is 14.6. The smallest absolute Gasteiger partial charge is 0.270 e. The Labute approximate surface area is 355 Å². The van der Waals surface area contributed by atoms with Gasteiger partial charge < -0.3 is 40.7 Å². The molecule has 0 fully saturated rings. The Balaban J connectivity index is 6.84. The van der Waals surface area contributed by atoms with E-state index >= 15 is 0 Å². The summed E-state index contributed by atoms with van der Waals surface area (Å²) in [6.07, 6.45) is 4.29. The predicted octanol–water partition coefficient (Wildman–Crippen LogP) is 3.79. The van der Waals surface area contributed by atoms with Crippen molar-refractivity contribution in [3.05, 3.63) is 24.4 Å². The van der Waals surface area contributed by atoms with Crippen LogP contribution in [-0.2, 0) is 33.6 Å². The third-order valence-corrected chi connectivity index (χ3v) is 10.9. The number of primary amides is 1. The lowest BCUT2D eigenvalue weighted by atomic mass is 9.91. The van der Waals surface area contributed by atoms with Gasteiger partial charge in [-0.3, -0.25) is 33.6 Å². The first kappa shape index (κ1) is 54.7. The summed E-state index contributed by atoms with van der Waals surface area (Å²) >= 11 is 0. The molecule has 59 heavy (non-hydrogen) atoms. The van der Waals surface area contributed by atoms with Crippen molar-refractivity contribution in [3.63, 3.8) is 0 Å². The lowest BCUT2D eigenvalue weighted by Crippen LogP contribution is -2.63. The van der Waals surface area contributed by atoms with E-state index in [4.69, 9.17) is 5.73 Å². The molecule has 7 atom stereocenters. The number of likely N-dealkylation sites (N-methyl/N-ethyl adjacent to an activating group) is 5. The van der Waals surface area contributed by atoms with Gasteiger partial charge in [-0.25, -0.2) is 0 Å². The van der Waals surface area contributed by atoms with Gasteiger partial charge in [0, 0.05) is 41.7 Å². The molecular formula is C44H79N7O8. The first-order valence-electron chi connectivity index (χ1n) is 21.1. The number of amides is 7. The molecule has 0 aliphatic rings. The minimum absolute atomic E-state index is 0.0411. The molecule has 0 aromatic rings. The molecule has 0 aliphatic heterocycles. The Morgan fingerprint density at radius 3 is 1.66 bits per heavy atom.